The molecule has 0 saturated carbocycles. The number of unbranched alkanes of at least 4 members (excludes halogenated alkanes) is 1. The number of nitrogens with two attached hydrogens (primary N) is 1. The highest BCUT2D eigenvalue weighted by Crippen LogP contribution is 2.29. The highest BCUT2D eigenvalue weighted by molar-refractivity contribution is 5.88. The van der Waals surface area contributed by atoms with Crippen LogP contribution >= 0.6 is 0 Å². The summed E-state index contributed by atoms with van der Waals surface area (Å²) in [6.07, 6.45) is 4.69. The lowest BCUT2D eigenvalue weighted by molar-refractivity contribution is 0.794. The molecule has 0 radical (unpaired) electrons. The van der Waals surface area contributed by atoms with Crippen LogP contribution in [0.25, 0.3) is 22.3 Å². The molecule has 0 atom stereocenters. The number of nitrogen functional groups attached to an aromatic ring is 1. The highest BCUT2D eigenvalue weighted by atomic mass is 15.1. The fourth-order valence-electron chi connectivity index (χ4n) is 2.77. The first-order chi connectivity index (χ1) is 11.6. The predicted molar refractivity (Wildman–Crippen MR) is 100 cm³/mol. The maximum absolute atomic E-state index is 6.00. The van der Waals surface area contributed by atoms with E-state index in [1.165, 1.54) is 17.6 Å². The van der Waals surface area contributed by atoms with E-state index in [2.05, 4.69) is 52.1 Å². The van der Waals surface area contributed by atoms with Crippen LogP contribution in [0, 0.1) is 0 Å². The molecule has 0 aliphatic heterocycles. The Morgan fingerprint density at radius 2 is 1.83 bits per heavy atom. The number of fused-ring (bicyclic) bond motifs is 1. The van der Waals surface area contributed by atoms with E-state index < -0.39 is 0 Å². The van der Waals surface area contributed by atoms with Gasteiger partial charge in [0.05, 0.1) is 11.1 Å². The van der Waals surface area contributed by atoms with Crippen molar-refractivity contribution in [2.45, 2.75) is 26.2 Å². The highest BCUT2D eigenvalue weighted by Gasteiger charge is 2.12. The van der Waals surface area contributed by atoms with E-state index in [1.807, 2.05) is 14.1 Å². The number of aromatic nitrogens is 3. The molecule has 0 saturated heterocycles. The van der Waals surface area contributed by atoms with Crippen LogP contribution in [-0.4, -0.2) is 29.0 Å². The number of aryl methyl sites for hydroxylation is 1. The molecule has 124 valence electrons. The molecule has 24 heavy (non-hydrogen) atoms. The van der Waals surface area contributed by atoms with Crippen LogP contribution in [0.15, 0.2) is 36.7 Å². The number of benzene rings is 1. The number of rotatable bonds is 5. The smallest absolute Gasteiger partial charge is 0.165 e. The van der Waals surface area contributed by atoms with Gasteiger partial charge in [0.2, 0.25) is 0 Å². The standard InChI is InChI=1S/C19H23N5/c1-4-5-6-14-11-16-18(20)21-12-22-19(16)23-17(14)13-7-9-15(10-8-13)24(2)3/h7-12H,4-6H2,1-3H3,(H2,20,21,22,23). The molecule has 0 aliphatic rings. The quantitative estimate of drug-likeness (QED) is 0.776. The zero-order valence-corrected chi connectivity index (χ0v) is 14.5. The summed E-state index contributed by atoms with van der Waals surface area (Å²) < 4.78 is 0. The lowest BCUT2D eigenvalue weighted by Crippen LogP contribution is -2.08. The van der Waals surface area contributed by atoms with Gasteiger partial charge in [0.15, 0.2) is 5.65 Å². The van der Waals surface area contributed by atoms with Gasteiger partial charge in [0.25, 0.3) is 0 Å². The first kappa shape index (κ1) is 16.2. The maximum atomic E-state index is 6.00. The van der Waals surface area contributed by atoms with Crippen LogP contribution in [0.2, 0.25) is 0 Å². The van der Waals surface area contributed by atoms with Gasteiger partial charge in [0, 0.05) is 25.3 Å². The van der Waals surface area contributed by atoms with Crippen LogP contribution in [0.1, 0.15) is 25.3 Å². The summed E-state index contributed by atoms with van der Waals surface area (Å²) in [5.74, 6) is 0.486. The third kappa shape index (κ3) is 3.15. The maximum Gasteiger partial charge on any atom is 0.165 e. The van der Waals surface area contributed by atoms with Crippen molar-refractivity contribution in [3.05, 3.63) is 42.2 Å². The molecule has 1 aromatic carbocycles. The Balaban J connectivity index is 2.13. The fraction of sp³-hybridized carbons (Fsp3) is 0.316. The topological polar surface area (TPSA) is 67.9 Å². The van der Waals surface area contributed by atoms with Gasteiger partial charge in [-0.1, -0.05) is 25.5 Å². The molecular weight excluding hydrogens is 298 g/mol. The van der Waals surface area contributed by atoms with E-state index in [0.717, 1.165) is 35.9 Å². The first-order valence-corrected chi connectivity index (χ1v) is 8.28. The minimum atomic E-state index is 0.486. The summed E-state index contributed by atoms with van der Waals surface area (Å²) in [6.45, 7) is 2.19. The molecule has 0 aliphatic carbocycles. The molecule has 3 rings (SSSR count). The molecule has 2 aromatic heterocycles. The molecule has 0 fully saturated rings. The van der Waals surface area contributed by atoms with E-state index >= 15 is 0 Å². The zero-order valence-electron chi connectivity index (χ0n) is 14.5. The van der Waals surface area contributed by atoms with E-state index in [-0.39, 0.29) is 0 Å². The van der Waals surface area contributed by atoms with E-state index in [1.54, 1.807) is 0 Å². The Hall–Kier alpha value is -2.69. The first-order valence-electron chi connectivity index (χ1n) is 8.28. The Morgan fingerprint density at radius 1 is 1.08 bits per heavy atom. The van der Waals surface area contributed by atoms with E-state index in [4.69, 9.17) is 10.7 Å². The molecular formula is C19H23N5. The average Bonchev–Trinajstić information content (AvgIpc) is 2.60. The Morgan fingerprint density at radius 3 is 2.50 bits per heavy atom. The van der Waals surface area contributed by atoms with Gasteiger partial charge in [-0.05, 0) is 36.6 Å². The van der Waals surface area contributed by atoms with Crippen LogP contribution in [-0.2, 0) is 6.42 Å². The predicted octanol–water partition coefficient (Wildman–Crippen LogP) is 3.68. The largest absolute Gasteiger partial charge is 0.383 e. The van der Waals surface area contributed by atoms with Crippen molar-refractivity contribution >= 4 is 22.5 Å². The minimum absolute atomic E-state index is 0.486. The normalized spacial score (nSPS) is 11.0. The fourth-order valence-corrected chi connectivity index (χ4v) is 2.77. The summed E-state index contributed by atoms with van der Waals surface area (Å²) in [4.78, 5) is 15.2. The van der Waals surface area contributed by atoms with Crippen LogP contribution in [0.5, 0.6) is 0 Å². The van der Waals surface area contributed by atoms with Crippen molar-refractivity contribution in [3.8, 4) is 11.3 Å². The number of anilines is 2. The van der Waals surface area contributed by atoms with Crippen molar-refractivity contribution in [2.75, 3.05) is 24.7 Å². The summed E-state index contributed by atoms with van der Waals surface area (Å²) in [7, 11) is 4.07. The van der Waals surface area contributed by atoms with Crippen LogP contribution in [0.4, 0.5) is 11.5 Å². The van der Waals surface area contributed by atoms with Gasteiger partial charge in [-0.25, -0.2) is 15.0 Å². The van der Waals surface area contributed by atoms with Crippen LogP contribution in [0.3, 0.4) is 0 Å². The molecule has 5 nitrogen and oxygen atoms in total. The molecule has 0 bridgehead atoms. The molecule has 2 heterocycles. The van der Waals surface area contributed by atoms with E-state index in [0.29, 0.717) is 11.5 Å². The Labute approximate surface area is 142 Å². The monoisotopic (exact) mass is 321 g/mol. The number of hydrogen-bond acceptors (Lipinski definition) is 5. The zero-order chi connectivity index (χ0) is 17.1. The van der Waals surface area contributed by atoms with E-state index in [9.17, 15) is 0 Å². The summed E-state index contributed by atoms with van der Waals surface area (Å²) >= 11 is 0. The Kier molecular flexibility index (Phi) is 4.60. The summed E-state index contributed by atoms with van der Waals surface area (Å²) in [5.41, 5.74) is 11.1. The molecule has 0 unspecified atom stereocenters. The molecule has 2 N–H and O–H groups in total. The number of nitrogens with zero attached hydrogens (tertiary/aromatic N) is 4. The third-order valence-electron chi connectivity index (χ3n) is 4.19. The van der Waals surface area contributed by atoms with Gasteiger partial charge in [-0.2, -0.15) is 0 Å². The van der Waals surface area contributed by atoms with Crippen molar-refractivity contribution < 1.29 is 0 Å². The number of pyridine rings is 1. The molecule has 5 heteroatoms. The molecule has 0 spiro atoms. The van der Waals surface area contributed by atoms with Gasteiger partial charge >= 0.3 is 0 Å². The van der Waals surface area contributed by atoms with Gasteiger partial charge < -0.3 is 10.6 Å². The molecule has 0 amide bonds. The third-order valence-corrected chi connectivity index (χ3v) is 4.19. The average molecular weight is 321 g/mol. The van der Waals surface area contributed by atoms with Crippen molar-refractivity contribution in [1.29, 1.82) is 0 Å². The number of hydrogen-bond donors (Lipinski definition) is 1. The summed E-state index contributed by atoms with van der Waals surface area (Å²) in [5, 5.41) is 0.831. The second-order valence-corrected chi connectivity index (χ2v) is 6.17. The Bertz CT molecular complexity index is 840. The lowest BCUT2D eigenvalue weighted by Gasteiger charge is -2.14. The minimum Gasteiger partial charge on any atom is -0.383 e. The van der Waals surface area contributed by atoms with Crippen molar-refractivity contribution in [1.82, 2.24) is 15.0 Å². The summed E-state index contributed by atoms with van der Waals surface area (Å²) in [6, 6.07) is 10.5. The lowest BCUT2D eigenvalue weighted by atomic mass is 10.00. The molecule has 3 aromatic rings. The van der Waals surface area contributed by atoms with Gasteiger partial charge in [-0.3, -0.25) is 0 Å². The SMILES string of the molecule is CCCCc1cc2c(N)ncnc2nc1-c1ccc(N(C)C)cc1. The van der Waals surface area contributed by atoms with Gasteiger partial charge in [-0.15, -0.1) is 0 Å². The second kappa shape index (κ2) is 6.83. The van der Waals surface area contributed by atoms with Crippen molar-refractivity contribution in [3.63, 3.8) is 0 Å². The van der Waals surface area contributed by atoms with Gasteiger partial charge in [0.1, 0.15) is 12.1 Å². The second-order valence-electron chi connectivity index (χ2n) is 6.17. The van der Waals surface area contributed by atoms with Crippen molar-refractivity contribution in [2.24, 2.45) is 0 Å². The van der Waals surface area contributed by atoms with Crippen LogP contribution < -0.4 is 10.6 Å².